The van der Waals surface area contributed by atoms with Crippen LogP contribution in [0.4, 0.5) is 5.82 Å². The van der Waals surface area contributed by atoms with Gasteiger partial charge in [-0.3, -0.25) is 0 Å². The third kappa shape index (κ3) is 3.74. The fourth-order valence-corrected chi connectivity index (χ4v) is 4.19. The Morgan fingerprint density at radius 1 is 1.09 bits per heavy atom. The van der Waals surface area contributed by atoms with E-state index in [1.54, 1.807) is 0 Å². The summed E-state index contributed by atoms with van der Waals surface area (Å²) in [5.74, 6) is 0.978. The quantitative estimate of drug-likeness (QED) is 0.680. The summed E-state index contributed by atoms with van der Waals surface area (Å²) in [5, 5.41) is 10.7. The van der Waals surface area contributed by atoms with Crippen molar-refractivity contribution in [3.05, 3.63) is 60.5 Å². The third-order valence-corrected chi connectivity index (χ3v) is 6.08. The Labute approximate surface area is 187 Å². The van der Waals surface area contributed by atoms with Gasteiger partial charge in [0.2, 0.25) is 0 Å². The van der Waals surface area contributed by atoms with Gasteiger partial charge < -0.3 is 19.5 Å². The highest BCUT2D eigenvalue weighted by molar-refractivity contribution is 5.86. The highest BCUT2D eigenvalue weighted by atomic mass is 16.5. The first kappa shape index (κ1) is 20.3. The van der Waals surface area contributed by atoms with Crippen LogP contribution in [0.1, 0.15) is 19.4 Å². The van der Waals surface area contributed by atoms with Gasteiger partial charge in [-0.2, -0.15) is 5.26 Å². The lowest BCUT2D eigenvalue weighted by Crippen LogP contribution is -2.42. The number of pyridine rings is 2. The molecule has 0 saturated carbocycles. The molecule has 0 aromatic carbocycles. The summed E-state index contributed by atoms with van der Waals surface area (Å²) in [6, 6.07) is 10.8. The van der Waals surface area contributed by atoms with Gasteiger partial charge in [-0.05, 0) is 44.2 Å². The van der Waals surface area contributed by atoms with Gasteiger partial charge in [0.05, 0.1) is 19.3 Å². The van der Waals surface area contributed by atoms with Gasteiger partial charge in [-0.15, -0.1) is 0 Å². The lowest BCUT2D eigenvalue weighted by Gasteiger charge is -2.37. The number of H-pyrrole nitrogens is 1. The van der Waals surface area contributed by atoms with Crippen molar-refractivity contribution < 1.29 is 4.74 Å². The molecule has 1 saturated heterocycles. The van der Waals surface area contributed by atoms with Crippen LogP contribution < -0.4 is 4.90 Å². The summed E-state index contributed by atoms with van der Waals surface area (Å²) in [4.78, 5) is 17.1. The summed E-state index contributed by atoms with van der Waals surface area (Å²) in [6.07, 6.45) is 9.92. The number of allylic oxidation sites excluding steroid dienone is 2. The molecule has 0 radical (unpaired) electrons. The van der Waals surface area contributed by atoms with Crippen LogP contribution in [-0.2, 0) is 4.74 Å². The molecule has 2 aliphatic rings. The molecular formula is C25H26N6O. The molecule has 0 unspecified atom stereocenters. The zero-order valence-corrected chi connectivity index (χ0v) is 18.4. The average Bonchev–Trinajstić information content (AvgIpc) is 3.28. The van der Waals surface area contributed by atoms with Crippen molar-refractivity contribution in [1.29, 1.82) is 5.26 Å². The van der Waals surface area contributed by atoms with Crippen molar-refractivity contribution in [2.45, 2.75) is 19.4 Å². The highest BCUT2D eigenvalue weighted by Gasteiger charge is 2.29. The summed E-state index contributed by atoms with van der Waals surface area (Å²) < 4.78 is 5.42. The number of anilines is 1. The SMILES string of the molecule is CC(C)(C#N)N1CC=CC=C1c1cnc2[nH]c(-c3ccc(N4CCOCC4)nc3)cc2c1. The molecule has 0 bridgehead atoms. The molecule has 0 amide bonds. The first-order valence-corrected chi connectivity index (χ1v) is 10.9. The van der Waals surface area contributed by atoms with E-state index in [2.05, 4.69) is 61.2 Å². The van der Waals surface area contributed by atoms with E-state index in [4.69, 9.17) is 4.74 Å². The van der Waals surface area contributed by atoms with Crippen LogP contribution in [0.15, 0.2) is 54.9 Å². The Kier molecular flexibility index (Phi) is 5.16. The molecule has 3 aromatic rings. The van der Waals surface area contributed by atoms with E-state index in [0.29, 0.717) is 6.54 Å². The Balaban J connectivity index is 1.44. The third-order valence-electron chi connectivity index (χ3n) is 6.08. The Bertz CT molecular complexity index is 1230. The summed E-state index contributed by atoms with van der Waals surface area (Å²) >= 11 is 0. The second-order valence-electron chi connectivity index (χ2n) is 8.61. The summed E-state index contributed by atoms with van der Waals surface area (Å²) in [5.41, 5.74) is 4.23. The molecule has 0 atom stereocenters. The van der Waals surface area contributed by atoms with Gasteiger partial charge in [-0.1, -0.05) is 12.2 Å². The van der Waals surface area contributed by atoms with E-state index < -0.39 is 5.54 Å². The van der Waals surface area contributed by atoms with Crippen molar-refractivity contribution in [1.82, 2.24) is 19.9 Å². The Hall–Kier alpha value is -3.63. The van der Waals surface area contributed by atoms with Crippen LogP contribution in [0.2, 0.25) is 0 Å². The number of aromatic amines is 1. The molecule has 1 N–H and O–H groups in total. The van der Waals surface area contributed by atoms with Gasteiger partial charge in [0, 0.05) is 59.9 Å². The van der Waals surface area contributed by atoms with Crippen molar-refractivity contribution in [3.8, 4) is 17.3 Å². The first-order chi connectivity index (χ1) is 15.5. The molecule has 0 aliphatic carbocycles. The number of nitriles is 1. The van der Waals surface area contributed by atoms with Crippen molar-refractivity contribution in [3.63, 3.8) is 0 Å². The van der Waals surface area contributed by atoms with E-state index in [-0.39, 0.29) is 0 Å². The van der Waals surface area contributed by atoms with Crippen LogP contribution >= 0.6 is 0 Å². The van der Waals surface area contributed by atoms with E-state index in [9.17, 15) is 5.26 Å². The second kappa shape index (κ2) is 8.13. The predicted molar refractivity (Wildman–Crippen MR) is 126 cm³/mol. The van der Waals surface area contributed by atoms with Gasteiger partial charge in [0.1, 0.15) is 17.0 Å². The van der Waals surface area contributed by atoms with E-state index in [0.717, 1.165) is 65.7 Å². The zero-order chi connectivity index (χ0) is 22.1. The molecule has 5 rings (SSSR count). The monoisotopic (exact) mass is 426 g/mol. The van der Waals surface area contributed by atoms with Crippen LogP contribution in [0.3, 0.4) is 0 Å². The van der Waals surface area contributed by atoms with Crippen LogP contribution in [0, 0.1) is 11.3 Å². The minimum absolute atomic E-state index is 0.608. The molecule has 0 spiro atoms. The fourth-order valence-electron chi connectivity index (χ4n) is 4.19. The van der Waals surface area contributed by atoms with E-state index >= 15 is 0 Å². The van der Waals surface area contributed by atoms with Gasteiger partial charge in [-0.25, -0.2) is 9.97 Å². The normalized spacial score (nSPS) is 16.8. The number of hydrogen-bond donors (Lipinski definition) is 1. The number of nitrogens with one attached hydrogen (secondary N) is 1. The average molecular weight is 427 g/mol. The maximum absolute atomic E-state index is 9.64. The first-order valence-electron chi connectivity index (χ1n) is 10.9. The molecule has 3 aromatic heterocycles. The number of nitrogens with zero attached hydrogens (tertiary/aromatic N) is 5. The molecule has 2 aliphatic heterocycles. The van der Waals surface area contributed by atoms with Crippen molar-refractivity contribution in [2.24, 2.45) is 0 Å². The Morgan fingerprint density at radius 2 is 1.91 bits per heavy atom. The molecule has 32 heavy (non-hydrogen) atoms. The van der Waals surface area contributed by atoms with Crippen molar-refractivity contribution >= 4 is 22.5 Å². The lowest BCUT2D eigenvalue weighted by atomic mass is 9.99. The van der Waals surface area contributed by atoms with Crippen LogP contribution in [-0.4, -0.2) is 58.2 Å². The number of hydrogen-bond acceptors (Lipinski definition) is 6. The lowest BCUT2D eigenvalue weighted by molar-refractivity contribution is 0.122. The van der Waals surface area contributed by atoms with E-state index in [1.807, 2.05) is 38.4 Å². The molecule has 7 nitrogen and oxygen atoms in total. The smallest absolute Gasteiger partial charge is 0.137 e. The Morgan fingerprint density at radius 3 is 2.66 bits per heavy atom. The molecule has 162 valence electrons. The van der Waals surface area contributed by atoms with Gasteiger partial charge in [0.15, 0.2) is 0 Å². The van der Waals surface area contributed by atoms with Crippen LogP contribution in [0.25, 0.3) is 28.0 Å². The van der Waals surface area contributed by atoms with Gasteiger partial charge >= 0.3 is 0 Å². The molecule has 5 heterocycles. The molecular weight excluding hydrogens is 400 g/mol. The van der Waals surface area contributed by atoms with Crippen molar-refractivity contribution in [2.75, 3.05) is 37.7 Å². The topological polar surface area (TPSA) is 81.1 Å². The number of aromatic nitrogens is 3. The summed E-state index contributed by atoms with van der Waals surface area (Å²) in [6.45, 7) is 7.81. The number of ether oxygens (including phenoxy) is 1. The molecule has 1 fully saturated rings. The zero-order valence-electron chi connectivity index (χ0n) is 18.4. The maximum Gasteiger partial charge on any atom is 0.137 e. The second-order valence-corrected chi connectivity index (χ2v) is 8.61. The molecule has 7 heteroatoms. The summed E-state index contributed by atoms with van der Waals surface area (Å²) in [7, 11) is 0. The minimum atomic E-state index is -0.608. The minimum Gasteiger partial charge on any atom is -0.378 e. The highest BCUT2D eigenvalue weighted by Crippen LogP contribution is 2.31. The van der Waals surface area contributed by atoms with Gasteiger partial charge in [0.25, 0.3) is 0 Å². The fraction of sp³-hybridized carbons (Fsp3) is 0.320. The maximum atomic E-state index is 9.64. The predicted octanol–water partition coefficient (Wildman–Crippen LogP) is 3.98. The largest absolute Gasteiger partial charge is 0.378 e. The van der Waals surface area contributed by atoms with Crippen LogP contribution in [0.5, 0.6) is 0 Å². The number of fused-ring (bicyclic) bond motifs is 1. The number of morpholine rings is 1. The number of rotatable bonds is 4. The standard InChI is InChI=1S/C25H26N6O/c1-25(2,17-26)31-8-4-3-5-22(31)20-13-19-14-21(29-24(19)28-16-20)18-6-7-23(27-15-18)30-9-11-32-12-10-30/h3-7,13-16H,8-12H2,1-2H3,(H,28,29). The van der Waals surface area contributed by atoms with E-state index in [1.165, 1.54) is 0 Å².